The number of hydrogen-bond acceptors (Lipinski definition) is 4. The Bertz CT molecular complexity index is 946. The number of amides is 1. The maximum absolute atomic E-state index is 12.6. The molecule has 1 aromatic carbocycles. The van der Waals surface area contributed by atoms with E-state index in [1.54, 1.807) is 16.9 Å². The number of carbonyl (C=O) groups excluding carboxylic acids is 1. The van der Waals surface area contributed by atoms with Crippen LogP contribution in [0.3, 0.4) is 0 Å². The molecule has 0 aliphatic carbocycles. The van der Waals surface area contributed by atoms with Crippen molar-refractivity contribution in [2.75, 3.05) is 5.32 Å². The molecule has 0 spiro atoms. The summed E-state index contributed by atoms with van der Waals surface area (Å²) in [5, 5.41) is 11.3. The summed E-state index contributed by atoms with van der Waals surface area (Å²) >= 11 is 0. The summed E-state index contributed by atoms with van der Waals surface area (Å²) in [6.45, 7) is 4.39. The number of nitrogens with zero attached hydrogens (tertiary/aromatic N) is 4. The van der Waals surface area contributed by atoms with Crippen molar-refractivity contribution in [3.63, 3.8) is 0 Å². The Hall–Kier alpha value is -3.22. The zero-order valence-electron chi connectivity index (χ0n) is 14.8. The van der Waals surface area contributed by atoms with Gasteiger partial charge in [-0.05, 0) is 25.0 Å². The molecule has 0 aliphatic rings. The molecule has 1 N–H and O–H groups in total. The largest absolute Gasteiger partial charge is 0.305 e. The van der Waals surface area contributed by atoms with Gasteiger partial charge in [-0.3, -0.25) is 9.59 Å². The van der Waals surface area contributed by atoms with Crippen molar-refractivity contribution in [3.8, 4) is 0 Å². The quantitative estimate of drug-likeness (QED) is 0.740. The molecule has 1 amide bonds. The number of benzene rings is 1. The van der Waals surface area contributed by atoms with E-state index in [-0.39, 0.29) is 23.2 Å². The van der Waals surface area contributed by atoms with E-state index in [0.717, 1.165) is 12.0 Å². The minimum Gasteiger partial charge on any atom is -0.305 e. The predicted octanol–water partition coefficient (Wildman–Crippen LogP) is 2.71. The summed E-state index contributed by atoms with van der Waals surface area (Å²) in [6, 6.07) is 14.2. The summed E-state index contributed by atoms with van der Waals surface area (Å²) in [5.41, 5.74) is 0.863. The van der Waals surface area contributed by atoms with Crippen molar-refractivity contribution in [1.29, 1.82) is 0 Å². The van der Waals surface area contributed by atoms with Gasteiger partial charge in [-0.15, -0.1) is 0 Å². The molecule has 1 atom stereocenters. The van der Waals surface area contributed by atoms with Crippen molar-refractivity contribution in [2.24, 2.45) is 0 Å². The predicted molar refractivity (Wildman–Crippen MR) is 99.2 cm³/mol. The van der Waals surface area contributed by atoms with Crippen molar-refractivity contribution in [1.82, 2.24) is 19.6 Å². The molecule has 0 saturated heterocycles. The molecule has 0 bridgehead atoms. The Labute approximate surface area is 151 Å². The van der Waals surface area contributed by atoms with Crippen molar-refractivity contribution < 1.29 is 4.79 Å². The number of carbonyl (C=O) groups is 1. The van der Waals surface area contributed by atoms with Crippen LogP contribution < -0.4 is 10.9 Å². The van der Waals surface area contributed by atoms with Crippen LogP contribution in [-0.2, 0) is 6.54 Å². The molecule has 0 fully saturated rings. The molecular formula is C19H21N5O2. The first-order chi connectivity index (χ1) is 12.6. The van der Waals surface area contributed by atoms with Crippen molar-refractivity contribution in [3.05, 3.63) is 76.3 Å². The van der Waals surface area contributed by atoms with E-state index < -0.39 is 0 Å². The summed E-state index contributed by atoms with van der Waals surface area (Å²) in [5.74, 6) is 0.226. The Morgan fingerprint density at radius 3 is 2.65 bits per heavy atom. The van der Waals surface area contributed by atoms with Gasteiger partial charge in [-0.1, -0.05) is 37.3 Å². The van der Waals surface area contributed by atoms with E-state index in [9.17, 15) is 9.59 Å². The molecule has 0 radical (unpaired) electrons. The van der Waals surface area contributed by atoms with Gasteiger partial charge < -0.3 is 5.32 Å². The maximum atomic E-state index is 12.6. The van der Waals surface area contributed by atoms with Crippen LogP contribution in [0.1, 0.15) is 42.4 Å². The Balaban J connectivity index is 1.81. The van der Waals surface area contributed by atoms with Crippen molar-refractivity contribution >= 4 is 11.7 Å². The van der Waals surface area contributed by atoms with E-state index in [4.69, 9.17) is 0 Å². The van der Waals surface area contributed by atoms with E-state index in [2.05, 4.69) is 22.4 Å². The molecule has 26 heavy (non-hydrogen) atoms. The van der Waals surface area contributed by atoms with E-state index in [1.807, 2.05) is 37.3 Å². The molecule has 2 aromatic heterocycles. The first-order valence-electron chi connectivity index (χ1n) is 8.55. The van der Waals surface area contributed by atoms with Crippen LogP contribution in [0, 0.1) is 0 Å². The summed E-state index contributed by atoms with van der Waals surface area (Å²) in [7, 11) is 0. The minimum atomic E-state index is -0.378. The normalized spacial score (nSPS) is 11.9. The number of hydrogen-bond donors (Lipinski definition) is 1. The van der Waals surface area contributed by atoms with Gasteiger partial charge in [0.15, 0.2) is 0 Å². The van der Waals surface area contributed by atoms with Crippen LogP contribution >= 0.6 is 0 Å². The molecule has 1 unspecified atom stereocenters. The highest BCUT2D eigenvalue weighted by Gasteiger charge is 2.14. The summed E-state index contributed by atoms with van der Waals surface area (Å²) in [4.78, 5) is 24.6. The fraction of sp³-hybridized carbons (Fsp3) is 0.263. The summed E-state index contributed by atoms with van der Waals surface area (Å²) < 4.78 is 3.05. The average molecular weight is 351 g/mol. The van der Waals surface area contributed by atoms with E-state index in [0.29, 0.717) is 12.4 Å². The topological polar surface area (TPSA) is 81.8 Å². The lowest BCUT2D eigenvalue weighted by Gasteiger charge is -2.14. The summed E-state index contributed by atoms with van der Waals surface area (Å²) in [6.07, 6.45) is 2.54. The fourth-order valence-electron chi connectivity index (χ4n) is 2.56. The maximum Gasteiger partial charge on any atom is 0.277 e. The van der Waals surface area contributed by atoms with Gasteiger partial charge >= 0.3 is 0 Å². The highest BCUT2D eigenvalue weighted by atomic mass is 16.2. The lowest BCUT2D eigenvalue weighted by Crippen LogP contribution is -2.27. The number of anilines is 1. The zero-order valence-corrected chi connectivity index (χ0v) is 14.8. The Kier molecular flexibility index (Phi) is 5.26. The monoisotopic (exact) mass is 351 g/mol. The zero-order chi connectivity index (χ0) is 18.5. The first-order valence-corrected chi connectivity index (χ1v) is 8.55. The standard InChI is InChI=1S/C19H21N5O2/c1-3-14(2)24-17(11-12-20-24)21-19(26)16-9-10-18(25)23(22-16)13-15-7-5-4-6-8-15/h4-12,14H,3,13H2,1-2H3,(H,21,26). The Morgan fingerprint density at radius 2 is 1.92 bits per heavy atom. The second-order valence-electron chi connectivity index (χ2n) is 6.07. The van der Waals surface area contributed by atoms with Crippen LogP contribution in [0.5, 0.6) is 0 Å². The molecule has 3 rings (SSSR count). The Morgan fingerprint density at radius 1 is 1.15 bits per heavy atom. The first kappa shape index (κ1) is 17.6. The molecule has 7 heteroatoms. The van der Waals surface area contributed by atoms with Crippen molar-refractivity contribution in [2.45, 2.75) is 32.9 Å². The van der Waals surface area contributed by atoms with Gasteiger partial charge in [-0.25, -0.2) is 9.36 Å². The van der Waals surface area contributed by atoms with Gasteiger partial charge in [0.05, 0.1) is 18.8 Å². The van der Waals surface area contributed by atoms with Gasteiger partial charge in [0.2, 0.25) is 0 Å². The molecule has 0 aliphatic heterocycles. The molecule has 134 valence electrons. The molecular weight excluding hydrogens is 330 g/mol. The fourth-order valence-corrected chi connectivity index (χ4v) is 2.56. The van der Waals surface area contributed by atoms with E-state index >= 15 is 0 Å². The van der Waals surface area contributed by atoms with Gasteiger partial charge in [0, 0.05) is 12.1 Å². The van der Waals surface area contributed by atoms with Crippen LogP contribution in [-0.4, -0.2) is 25.5 Å². The highest BCUT2D eigenvalue weighted by molar-refractivity contribution is 6.02. The van der Waals surface area contributed by atoms with Gasteiger partial charge in [-0.2, -0.15) is 10.2 Å². The van der Waals surface area contributed by atoms with Crippen LogP contribution in [0.25, 0.3) is 0 Å². The molecule has 2 heterocycles. The third-order valence-corrected chi connectivity index (χ3v) is 4.19. The highest BCUT2D eigenvalue weighted by Crippen LogP contribution is 2.16. The van der Waals surface area contributed by atoms with Gasteiger partial charge in [0.25, 0.3) is 11.5 Å². The lowest BCUT2D eigenvalue weighted by molar-refractivity contribution is 0.101. The van der Waals surface area contributed by atoms with E-state index in [1.165, 1.54) is 16.8 Å². The number of aromatic nitrogens is 4. The smallest absolute Gasteiger partial charge is 0.277 e. The third-order valence-electron chi connectivity index (χ3n) is 4.19. The van der Waals surface area contributed by atoms with Gasteiger partial charge in [0.1, 0.15) is 11.5 Å². The van der Waals surface area contributed by atoms with Crippen LogP contribution in [0.2, 0.25) is 0 Å². The number of nitrogens with one attached hydrogen (secondary N) is 1. The van der Waals surface area contributed by atoms with Crippen LogP contribution in [0.15, 0.2) is 59.5 Å². The lowest BCUT2D eigenvalue weighted by atomic mass is 10.2. The molecule has 3 aromatic rings. The second kappa shape index (κ2) is 7.77. The second-order valence-corrected chi connectivity index (χ2v) is 6.07. The number of rotatable bonds is 6. The average Bonchev–Trinajstić information content (AvgIpc) is 3.11. The van der Waals surface area contributed by atoms with Crippen LogP contribution in [0.4, 0.5) is 5.82 Å². The minimum absolute atomic E-state index is 0.167. The molecule has 7 nitrogen and oxygen atoms in total. The third kappa shape index (κ3) is 3.88. The molecule has 0 saturated carbocycles. The SMILES string of the molecule is CCC(C)n1nccc1NC(=O)c1ccc(=O)n(Cc2ccccc2)n1.